The summed E-state index contributed by atoms with van der Waals surface area (Å²) in [6.07, 6.45) is 25.2. The van der Waals surface area contributed by atoms with Crippen LogP contribution in [0.2, 0.25) is 0 Å². The van der Waals surface area contributed by atoms with Crippen molar-refractivity contribution in [1.82, 2.24) is 0 Å². The number of ether oxygens (including phenoxy) is 2. The zero-order valence-corrected chi connectivity index (χ0v) is 30.7. The maximum Gasteiger partial charge on any atom is 0.317 e. The van der Waals surface area contributed by atoms with Crippen LogP contribution >= 0.6 is 0 Å². The van der Waals surface area contributed by atoms with E-state index in [1.807, 2.05) is 0 Å². The summed E-state index contributed by atoms with van der Waals surface area (Å²) in [5, 5.41) is 0. The topological polar surface area (TPSA) is 52.6 Å². The smallest absolute Gasteiger partial charge is 0.317 e. The molecule has 0 N–H and O–H groups in total. The van der Waals surface area contributed by atoms with E-state index in [4.69, 9.17) is 9.47 Å². The van der Waals surface area contributed by atoms with Gasteiger partial charge >= 0.3 is 11.9 Å². The third kappa shape index (κ3) is 6.16. The average molecular weight is 645 g/mol. The zero-order chi connectivity index (χ0) is 33.9. The number of esters is 2. The first kappa shape index (κ1) is 34.8. The van der Waals surface area contributed by atoms with Gasteiger partial charge in [0, 0.05) is 10.8 Å². The van der Waals surface area contributed by atoms with Gasteiger partial charge in [-0.3, -0.25) is 9.59 Å². The molecule has 6 aliphatic rings. The van der Waals surface area contributed by atoms with Crippen molar-refractivity contribution in [3.8, 4) is 0 Å². The Balaban J connectivity index is 1.04. The van der Waals surface area contributed by atoms with Crippen molar-refractivity contribution >= 4 is 11.9 Å². The molecule has 260 valence electrons. The molecule has 47 heavy (non-hydrogen) atoms. The maximum absolute atomic E-state index is 13.1. The van der Waals surface area contributed by atoms with Crippen LogP contribution in [-0.2, 0) is 19.1 Å². The van der Waals surface area contributed by atoms with Crippen LogP contribution in [0.25, 0.3) is 0 Å². The molecule has 6 rings (SSSR count). The Morgan fingerprint density at radius 3 is 1.47 bits per heavy atom. The highest BCUT2D eigenvalue weighted by Crippen LogP contribution is 2.65. The molecular formula is C43H64O4. The molecule has 0 heterocycles. The highest BCUT2D eigenvalue weighted by Gasteiger charge is 2.57. The number of fused-ring (bicyclic) bond motifs is 6. The SMILES string of the molecule is C=C[C@@]1(C)CC[C@H]2C(=CC[C@@H]3[C@](C)(COC(=O)CC(=O)OC[C@]4(C)CCC[C@@]5(C)[C@@H]4CC=C4C[C@@](C)(C=C)CC[C@@H]45)CCC[C@@]32C)C1. The summed E-state index contributed by atoms with van der Waals surface area (Å²) in [6, 6.07) is 0. The van der Waals surface area contributed by atoms with Gasteiger partial charge in [0.25, 0.3) is 0 Å². The molecule has 4 saturated carbocycles. The maximum atomic E-state index is 13.1. The van der Waals surface area contributed by atoms with Gasteiger partial charge in [-0.05, 0) is 122 Å². The van der Waals surface area contributed by atoms with Crippen molar-refractivity contribution in [2.75, 3.05) is 13.2 Å². The van der Waals surface area contributed by atoms with Crippen molar-refractivity contribution < 1.29 is 19.1 Å². The Kier molecular flexibility index (Phi) is 9.13. The van der Waals surface area contributed by atoms with Crippen LogP contribution in [0.3, 0.4) is 0 Å². The minimum absolute atomic E-state index is 0.0800. The second-order valence-corrected chi connectivity index (χ2v) is 18.9. The molecule has 0 bridgehead atoms. The number of hydrogen-bond donors (Lipinski definition) is 0. The quantitative estimate of drug-likeness (QED) is 0.150. The Morgan fingerprint density at radius 1 is 0.681 bits per heavy atom. The molecule has 6 aliphatic carbocycles. The van der Waals surface area contributed by atoms with Gasteiger partial charge in [0.15, 0.2) is 0 Å². The summed E-state index contributed by atoms with van der Waals surface area (Å²) in [5.74, 6) is 1.30. The Bertz CT molecular complexity index is 1240. The molecular weight excluding hydrogens is 580 g/mol. The second kappa shape index (κ2) is 12.3. The van der Waals surface area contributed by atoms with Crippen molar-refractivity contribution in [2.45, 2.75) is 138 Å². The van der Waals surface area contributed by atoms with Gasteiger partial charge < -0.3 is 9.47 Å². The lowest BCUT2D eigenvalue weighted by Crippen LogP contribution is -2.53. The molecule has 10 atom stereocenters. The van der Waals surface area contributed by atoms with E-state index in [-0.39, 0.29) is 38.9 Å². The molecule has 0 radical (unpaired) electrons. The Hall–Kier alpha value is -2.10. The van der Waals surface area contributed by atoms with E-state index in [1.165, 1.54) is 38.5 Å². The number of allylic oxidation sites excluding steroid dienone is 6. The van der Waals surface area contributed by atoms with Crippen molar-refractivity contribution in [1.29, 1.82) is 0 Å². The van der Waals surface area contributed by atoms with E-state index in [2.05, 4.69) is 79.0 Å². The van der Waals surface area contributed by atoms with E-state index in [0.717, 1.165) is 51.4 Å². The van der Waals surface area contributed by atoms with Crippen LogP contribution in [0.5, 0.6) is 0 Å². The van der Waals surface area contributed by atoms with Gasteiger partial charge in [0.2, 0.25) is 0 Å². The summed E-state index contributed by atoms with van der Waals surface area (Å²) in [5.41, 5.74) is 3.98. The van der Waals surface area contributed by atoms with Crippen molar-refractivity contribution in [3.05, 3.63) is 48.6 Å². The van der Waals surface area contributed by atoms with Gasteiger partial charge in [-0.1, -0.05) is 89.8 Å². The molecule has 0 saturated heterocycles. The first-order chi connectivity index (χ1) is 22.1. The highest BCUT2D eigenvalue weighted by molar-refractivity contribution is 5.91. The molecule has 0 amide bonds. The summed E-state index contributed by atoms with van der Waals surface area (Å²) in [7, 11) is 0. The van der Waals surface area contributed by atoms with Crippen LogP contribution in [0.1, 0.15) is 138 Å². The molecule has 4 nitrogen and oxygen atoms in total. The molecule has 0 spiro atoms. The van der Waals surface area contributed by atoms with Gasteiger partial charge in [-0.25, -0.2) is 0 Å². The molecule has 4 heteroatoms. The molecule has 4 fully saturated rings. The van der Waals surface area contributed by atoms with E-state index in [0.29, 0.717) is 36.9 Å². The third-order valence-electron chi connectivity index (χ3n) is 15.5. The van der Waals surface area contributed by atoms with Crippen LogP contribution in [0.4, 0.5) is 0 Å². The predicted molar refractivity (Wildman–Crippen MR) is 190 cm³/mol. The molecule has 0 aliphatic heterocycles. The fraction of sp³-hybridized carbons (Fsp3) is 0.767. The first-order valence-corrected chi connectivity index (χ1v) is 19.1. The predicted octanol–water partition coefficient (Wildman–Crippen LogP) is 10.7. The highest BCUT2D eigenvalue weighted by atomic mass is 16.6. The minimum Gasteiger partial charge on any atom is -0.465 e. The number of rotatable bonds is 8. The lowest BCUT2D eigenvalue weighted by Gasteiger charge is -2.59. The van der Waals surface area contributed by atoms with Crippen LogP contribution in [0, 0.1) is 56.2 Å². The number of hydrogen-bond acceptors (Lipinski definition) is 4. The Labute approximate surface area is 286 Å². The largest absolute Gasteiger partial charge is 0.465 e. The number of carbonyl (C=O) groups excluding carboxylic acids is 2. The molecule has 0 aromatic rings. The summed E-state index contributed by atoms with van der Waals surface area (Å²) < 4.78 is 11.9. The van der Waals surface area contributed by atoms with Crippen LogP contribution < -0.4 is 0 Å². The average Bonchev–Trinajstić information content (AvgIpc) is 3.02. The van der Waals surface area contributed by atoms with Gasteiger partial charge in [0.05, 0.1) is 13.2 Å². The lowest BCUT2D eigenvalue weighted by molar-refractivity contribution is -0.165. The van der Waals surface area contributed by atoms with E-state index < -0.39 is 11.9 Å². The van der Waals surface area contributed by atoms with E-state index in [9.17, 15) is 9.59 Å². The lowest BCUT2D eigenvalue weighted by atomic mass is 9.45. The summed E-state index contributed by atoms with van der Waals surface area (Å²) >= 11 is 0. The normalized spacial score (nSPS) is 45.8. The molecule has 0 aromatic heterocycles. The number of carbonyl (C=O) groups is 2. The fourth-order valence-electron chi connectivity index (χ4n) is 12.5. The summed E-state index contributed by atoms with van der Waals surface area (Å²) in [4.78, 5) is 26.2. The molecule has 0 unspecified atom stereocenters. The second-order valence-electron chi connectivity index (χ2n) is 18.9. The van der Waals surface area contributed by atoms with Gasteiger partial charge in [-0.2, -0.15) is 0 Å². The van der Waals surface area contributed by atoms with Gasteiger partial charge in [-0.15, -0.1) is 13.2 Å². The standard InChI is InChI=1S/C43H64O4/c1-9-38(3)23-17-32-30(26-38)13-15-34-40(5,19-11-21-42(32,34)7)28-46-36(44)25-37(45)47-29-41(6)20-12-22-43(8)33-18-24-39(4,10-2)27-31(33)14-16-35(41)43/h9-10,13-14,32-35H,1-2,11-12,15-29H2,3-8H3/t32-,33-,34+,35+,38-,39-,40-,41-,42+,43+/m0/s1. The minimum atomic E-state index is -0.439. The molecule has 0 aromatic carbocycles. The van der Waals surface area contributed by atoms with Crippen molar-refractivity contribution in [2.24, 2.45) is 56.2 Å². The summed E-state index contributed by atoms with van der Waals surface area (Å²) in [6.45, 7) is 23.4. The van der Waals surface area contributed by atoms with E-state index >= 15 is 0 Å². The van der Waals surface area contributed by atoms with Crippen LogP contribution in [0.15, 0.2) is 48.6 Å². The van der Waals surface area contributed by atoms with Gasteiger partial charge in [0.1, 0.15) is 6.42 Å². The first-order valence-electron chi connectivity index (χ1n) is 19.1. The monoisotopic (exact) mass is 644 g/mol. The van der Waals surface area contributed by atoms with Crippen LogP contribution in [-0.4, -0.2) is 25.2 Å². The third-order valence-corrected chi connectivity index (χ3v) is 15.5. The van der Waals surface area contributed by atoms with E-state index in [1.54, 1.807) is 11.1 Å². The van der Waals surface area contributed by atoms with Crippen molar-refractivity contribution in [3.63, 3.8) is 0 Å². The fourth-order valence-corrected chi connectivity index (χ4v) is 12.5. The Morgan fingerprint density at radius 2 is 1.09 bits per heavy atom. The zero-order valence-electron chi connectivity index (χ0n) is 30.7.